The van der Waals surface area contributed by atoms with Gasteiger partial charge in [-0.05, 0) is 17.2 Å². The minimum atomic E-state index is -0.239. The molecule has 1 heterocycles. The van der Waals surface area contributed by atoms with E-state index in [-0.39, 0.29) is 6.17 Å². The number of aliphatic imine (C=N–C) groups is 1. The number of nitrogens with zero attached hydrogens (tertiary/aromatic N) is 2. The topological polar surface area (TPSA) is 67.6 Å². The number of benzene rings is 2. The van der Waals surface area contributed by atoms with Crippen LogP contribution in [0.3, 0.4) is 0 Å². The minimum absolute atomic E-state index is 0.239. The highest BCUT2D eigenvalue weighted by Gasteiger charge is 2.22. The van der Waals surface area contributed by atoms with Crippen molar-refractivity contribution in [1.29, 1.82) is 0 Å². The fourth-order valence-corrected chi connectivity index (χ4v) is 2.25. The Hall–Kier alpha value is -2.33. The molecule has 96 valence electrons. The van der Waals surface area contributed by atoms with Crippen molar-refractivity contribution in [3.63, 3.8) is 0 Å². The molecule has 4 nitrogen and oxygen atoms in total. The van der Waals surface area contributed by atoms with Gasteiger partial charge in [0.1, 0.15) is 6.17 Å². The van der Waals surface area contributed by atoms with Crippen molar-refractivity contribution >= 4 is 11.6 Å². The summed E-state index contributed by atoms with van der Waals surface area (Å²) in [6.07, 6.45) is -0.239. The molecule has 0 aromatic heterocycles. The normalized spacial score (nSPS) is 17.9. The third-order valence-corrected chi connectivity index (χ3v) is 3.47. The fraction of sp³-hybridized carbons (Fsp3) is 0.133. The average Bonchev–Trinajstić information content (AvgIpc) is 2.45. The van der Waals surface area contributed by atoms with Gasteiger partial charge in [0, 0.05) is 12.6 Å². The maximum Gasteiger partial charge on any atom is 0.197 e. The van der Waals surface area contributed by atoms with E-state index in [0.29, 0.717) is 5.96 Å². The smallest absolute Gasteiger partial charge is 0.197 e. The second kappa shape index (κ2) is 4.40. The van der Waals surface area contributed by atoms with Crippen LogP contribution in [0.5, 0.6) is 0 Å². The monoisotopic (exact) mass is 252 g/mol. The summed E-state index contributed by atoms with van der Waals surface area (Å²) in [6, 6.07) is 16.3. The Morgan fingerprint density at radius 3 is 2.53 bits per heavy atom. The summed E-state index contributed by atoms with van der Waals surface area (Å²) in [4.78, 5) is 6.17. The van der Waals surface area contributed by atoms with Gasteiger partial charge in [0.15, 0.2) is 5.96 Å². The molecule has 0 bridgehead atoms. The molecule has 1 aliphatic rings. The van der Waals surface area contributed by atoms with Crippen LogP contribution in [0.4, 0.5) is 5.69 Å². The zero-order chi connectivity index (χ0) is 13.4. The van der Waals surface area contributed by atoms with Crippen molar-refractivity contribution in [3.05, 3.63) is 54.1 Å². The molecule has 19 heavy (non-hydrogen) atoms. The lowest BCUT2D eigenvalue weighted by atomic mass is 10.0. The van der Waals surface area contributed by atoms with Crippen molar-refractivity contribution in [1.82, 2.24) is 4.90 Å². The first-order chi connectivity index (χ1) is 9.16. The second-order valence-electron chi connectivity index (χ2n) is 4.67. The molecule has 0 saturated heterocycles. The van der Waals surface area contributed by atoms with Crippen molar-refractivity contribution in [2.75, 3.05) is 7.05 Å². The molecule has 0 saturated carbocycles. The first kappa shape index (κ1) is 11.7. The zero-order valence-electron chi connectivity index (χ0n) is 10.7. The van der Waals surface area contributed by atoms with Crippen LogP contribution < -0.4 is 11.5 Å². The lowest BCUT2D eigenvalue weighted by Gasteiger charge is -2.30. The van der Waals surface area contributed by atoms with Gasteiger partial charge in [0.05, 0.1) is 5.69 Å². The molecule has 0 radical (unpaired) electrons. The number of guanidine groups is 1. The first-order valence-corrected chi connectivity index (χ1v) is 6.19. The highest BCUT2D eigenvalue weighted by molar-refractivity contribution is 5.85. The summed E-state index contributed by atoms with van der Waals surface area (Å²) in [5, 5.41) is 0. The van der Waals surface area contributed by atoms with Crippen LogP contribution in [0.2, 0.25) is 0 Å². The number of hydrogen-bond acceptors (Lipinski definition) is 4. The zero-order valence-corrected chi connectivity index (χ0v) is 10.7. The summed E-state index contributed by atoms with van der Waals surface area (Å²) in [5.74, 6) is 0.449. The molecule has 0 aliphatic carbocycles. The van der Waals surface area contributed by atoms with Crippen LogP contribution in [0.25, 0.3) is 11.1 Å². The maximum atomic E-state index is 6.13. The Kier molecular flexibility index (Phi) is 2.72. The second-order valence-corrected chi connectivity index (χ2v) is 4.67. The maximum absolute atomic E-state index is 6.13. The number of nitrogens with two attached hydrogens (primary N) is 2. The fourth-order valence-electron chi connectivity index (χ4n) is 2.25. The number of fused-ring (bicyclic) bond motifs is 1. The van der Waals surface area contributed by atoms with E-state index >= 15 is 0 Å². The molecule has 2 aromatic carbocycles. The van der Waals surface area contributed by atoms with Crippen LogP contribution in [-0.2, 0) is 0 Å². The van der Waals surface area contributed by atoms with Crippen molar-refractivity contribution in [3.8, 4) is 11.1 Å². The van der Waals surface area contributed by atoms with Gasteiger partial charge in [-0.2, -0.15) is 0 Å². The highest BCUT2D eigenvalue weighted by Crippen LogP contribution is 2.34. The Balaban J connectivity index is 2.10. The molecule has 1 aliphatic heterocycles. The summed E-state index contributed by atoms with van der Waals surface area (Å²) in [6.45, 7) is 0. The third kappa shape index (κ3) is 1.96. The Morgan fingerprint density at radius 2 is 1.79 bits per heavy atom. The predicted molar refractivity (Wildman–Crippen MR) is 77.9 cm³/mol. The third-order valence-electron chi connectivity index (χ3n) is 3.47. The molecular formula is C15H16N4. The largest absolute Gasteiger partial charge is 0.369 e. The van der Waals surface area contributed by atoms with Gasteiger partial charge in [-0.15, -0.1) is 0 Å². The standard InChI is InChI=1S/C15H16N4/c1-19-14(16)12-8-7-11(9-13(12)18-15(19)17)10-5-3-2-4-6-10/h2-9,14H,16H2,1H3,(H2,17,18). The van der Waals surface area contributed by atoms with E-state index in [4.69, 9.17) is 11.5 Å². The van der Waals surface area contributed by atoms with E-state index in [1.807, 2.05) is 37.4 Å². The average molecular weight is 252 g/mol. The van der Waals surface area contributed by atoms with E-state index in [1.54, 1.807) is 4.90 Å². The first-order valence-electron chi connectivity index (χ1n) is 6.19. The van der Waals surface area contributed by atoms with Gasteiger partial charge in [-0.25, -0.2) is 4.99 Å². The van der Waals surface area contributed by atoms with Gasteiger partial charge in [0.25, 0.3) is 0 Å². The molecule has 3 rings (SSSR count). The molecule has 2 aromatic rings. The van der Waals surface area contributed by atoms with E-state index < -0.39 is 0 Å². The van der Waals surface area contributed by atoms with Crippen LogP contribution in [0, 0.1) is 0 Å². The minimum Gasteiger partial charge on any atom is -0.369 e. The Morgan fingerprint density at radius 1 is 1.05 bits per heavy atom. The molecule has 0 fully saturated rings. The quantitative estimate of drug-likeness (QED) is 0.817. The van der Waals surface area contributed by atoms with Gasteiger partial charge in [0.2, 0.25) is 0 Å². The van der Waals surface area contributed by atoms with Crippen LogP contribution >= 0.6 is 0 Å². The Bertz CT molecular complexity index is 634. The van der Waals surface area contributed by atoms with Crippen LogP contribution in [-0.4, -0.2) is 17.9 Å². The molecule has 1 unspecified atom stereocenters. The predicted octanol–water partition coefficient (Wildman–Crippen LogP) is 2.20. The summed E-state index contributed by atoms with van der Waals surface area (Å²) in [5.41, 5.74) is 16.1. The summed E-state index contributed by atoms with van der Waals surface area (Å²) in [7, 11) is 1.84. The summed E-state index contributed by atoms with van der Waals surface area (Å²) < 4.78 is 0. The lowest BCUT2D eigenvalue weighted by Crippen LogP contribution is -2.42. The van der Waals surface area contributed by atoms with Gasteiger partial charge < -0.3 is 16.4 Å². The van der Waals surface area contributed by atoms with E-state index in [2.05, 4.69) is 23.2 Å². The molecular weight excluding hydrogens is 236 g/mol. The molecule has 0 amide bonds. The summed E-state index contributed by atoms with van der Waals surface area (Å²) >= 11 is 0. The molecule has 4 heteroatoms. The van der Waals surface area contributed by atoms with Crippen molar-refractivity contribution in [2.45, 2.75) is 6.17 Å². The van der Waals surface area contributed by atoms with E-state index in [9.17, 15) is 0 Å². The Labute approximate surface area is 112 Å². The van der Waals surface area contributed by atoms with Gasteiger partial charge in [-0.1, -0.05) is 42.5 Å². The molecule has 1 atom stereocenters. The highest BCUT2D eigenvalue weighted by atomic mass is 15.3. The molecule has 4 N–H and O–H groups in total. The van der Waals surface area contributed by atoms with Crippen molar-refractivity contribution < 1.29 is 0 Å². The number of rotatable bonds is 1. The lowest BCUT2D eigenvalue weighted by molar-refractivity contribution is 0.375. The van der Waals surface area contributed by atoms with Gasteiger partial charge >= 0.3 is 0 Å². The van der Waals surface area contributed by atoms with E-state index in [1.165, 1.54) is 0 Å². The van der Waals surface area contributed by atoms with Crippen LogP contribution in [0.15, 0.2) is 53.5 Å². The van der Waals surface area contributed by atoms with E-state index in [0.717, 1.165) is 22.4 Å². The molecule has 0 spiro atoms. The SMILES string of the molecule is CN1C(N)=Nc2cc(-c3ccccc3)ccc2C1N. The van der Waals surface area contributed by atoms with Crippen molar-refractivity contribution in [2.24, 2.45) is 16.5 Å². The van der Waals surface area contributed by atoms with Crippen LogP contribution in [0.1, 0.15) is 11.7 Å². The van der Waals surface area contributed by atoms with Gasteiger partial charge in [-0.3, -0.25) is 0 Å². The number of hydrogen-bond donors (Lipinski definition) is 2.